The lowest BCUT2D eigenvalue weighted by molar-refractivity contribution is -0.387. The number of sulfonamides is 1. The summed E-state index contributed by atoms with van der Waals surface area (Å²) in [5.74, 6) is 2.20. The van der Waals surface area contributed by atoms with Gasteiger partial charge in [-0.25, -0.2) is 13.1 Å². The highest BCUT2D eigenvalue weighted by atomic mass is 32.2. The minimum atomic E-state index is -3.93. The third-order valence-corrected chi connectivity index (χ3v) is 5.74. The van der Waals surface area contributed by atoms with E-state index in [4.69, 9.17) is 5.73 Å². The molecular weight excluding hydrogens is 302 g/mol. The lowest BCUT2D eigenvalue weighted by Crippen LogP contribution is -2.30. The smallest absolute Gasteiger partial charge is 0.289 e. The molecule has 0 radical (unpaired) electrons. The van der Waals surface area contributed by atoms with Gasteiger partial charge in [-0.1, -0.05) is 0 Å². The van der Waals surface area contributed by atoms with E-state index in [0.717, 1.165) is 30.1 Å². The van der Waals surface area contributed by atoms with E-state index in [1.54, 1.807) is 11.8 Å². The van der Waals surface area contributed by atoms with Crippen molar-refractivity contribution in [3.63, 3.8) is 0 Å². The van der Waals surface area contributed by atoms with E-state index in [1.807, 2.05) is 0 Å². The van der Waals surface area contributed by atoms with Crippen LogP contribution >= 0.6 is 11.8 Å². The van der Waals surface area contributed by atoms with Crippen LogP contribution in [0.25, 0.3) is 0 Å². The fourth-order valence-electron chi connectivity index (χ4n) is 1.95. The number of rotatable bonds is 5. The highest BCUT2D eigenvalue weighted by Crippen LogP contribution is 2.27. The molecule has 1 atom stereocenters. The summed E-state index contributed by atoms with van der Waals surface area (Å²) in [5, 5.41) is 10.9. The van der Waals surface area contributed by atoms with Gasteiger partial charge in [-0.15, -0.1) is 0 Å². The molecule has 110 valence electrons. The van der Waals surface area contributed by atoms with Crippen LogP contribution in [0.4, 0.5) is 11.4 Å². The third-order valence-electron chi connectivity index (χ3n) is 3.06. The van der Waals surface area contributed by atoms with Crippen molar-refractivity contribution in [3.05, 3.63) is 28.3 Å². The Hall–Kier alpha value is -1.32. The molecule has 0 amide bonds. The van der Waals surface area contributed by atoms with E-state index < -0.39 is 20.6 Å². The second kappa shape index (κ2) is 5.98. The van der Waals surface area contributed by atoms with Gasteiger partial charge in [-0.3, -0.25) is 10.1 Å². The molecule has 1 unspecified atom stereocenters. The summed E-state index contributed by atoms with van der Waals surface area (Å²) in [5.41, 5.74) is 5.23. The molecule has 0 spiro atoms. The van der Waals surface area contributed by atoms with Gasteiger partial charge in [0.25, 0.3) is 5.69 Å². The topological polar surface area (TPSA) is 115 Å². The zero-order valence-electron chi connectivity index (χ0n) is 10.6. The number of nitro groups is 1. The number of nitrogens with one attached hydrogen (secondary N) is 1. The summed E-state index contributed by atoms with van der Waals surface area (Å²) < 4.78 is 26.8. The molecule has 20 heavy (non-hydrogen) atoms. The number of nitro benzene ring substituents is 1. The summed E-state index contributed by atoms with van der Waals surface area (Å²) in [7, 11) is -3.93. The van der Waals surface area contributed by atoms with Crippen molar-refractivity contribution >= 4 is 33.2 Å². The maximum atomic E-state index is 12.2. The quantitative estimate of drug-likeness (QED) is 0.479. The molecule has 1 aliphatic heterocycles. The molecule has 1 fully saturated rings. The van der Waals surface area contributed by atoms with Crippen LogP contribution in [0.15, 0.2) is 23.1 Å². The van der Waals surface area contributed by atoms with Gasteiger partial charge >= 0.3 is 0 Å². The molecule has 1 heterocycles. The molecule has 3 N–H and O–H groups in total. The molecule has 0 bridgehead atoms. The zero-order chi connectivity index (χ0) is 14.8. The van der Waals surface area contributed by atoms with Crippen LogP contribution in [-0.4, -0.2) is 31.4 Å². The van der Waals surface area contributed by atoms with Crippen molar-refractivity contribution in [1.29, 1.82) is 0 Å². The van der Waals surface area contributed by atoms with E-state index in [9.17, 15) is 18.5 Å². The first-order valence-electron chi connectivity index (χ1n) is 6.01. The molecule has 0 aliphatic carbocycles. The molecule has 9 heteroatoms. The van der Waals surface area contributed by atoms with Gasteiger partial charge in [0.05, 0.1) is 4.92 Å². The lowest BCUT2D eigenvalue weighted by Gasteiger charge is -2.11. The Labute approximate surface area is 121 Å². The number of nitrogen functional groups attached to an aromatic ring is 1. The summed E-state index contributed by atoms with van der Waals surface area (Å²) in [6.07, 6.45) is 0.951. The zero-order valence-corrected chi connectivity index (χ0v) is 12.2. The van der Waals surface area contributed by atoms with Gasteiger partial charge in [0, 0.05) is 18.3 Å². The van der Waals surface area contributed by atoms with Crippen LogP contribution in [0.1, 0.15) is 6.42 Å². The Morgan fingerprint density at radius 1 is 1.50 bits per heavy atom. The molecule has 0 aromatic heterocycles. The van der Waals surface area contributed by atoms with Crippen LogP contribution in [0.3, 0.4) is 0 Å². The van der Waals surface area contributed by atoms with Crippen molar-refractivity contribution in [1.82, 2.24) is 4.72 Å². The Morgan fingerprint density at radius 2 is 2.25 bits per heavy atom. The Bertz CT molecular complexity index is 612. The van der Waals surface area contributed by atoms with E-state index in [-0.39, 0.29) is 16.5 Å². The van der Waals surface area contributed by atoms with Gasteiger partial charge in [0.2, 0.25) is 10.0 Å². The van der Waals surface area contributed by atoms with Gasteiger partial charge in [-0.05, 0) is 36.0 Å². The predicted molar refractivity (Wildman–Crippen MR) is 78.1 cm³/mol. The number of benzene rings is 1. The molecule has 1 aliphatic rings. The fraction of sp³-hybridized carbons (Fsp3) is 0.455. The number of thioether (sulfide) groups is 1. The Balaban J connectivity index is 2.23. The van der Waals surface area contributed by atoms with E-state index >= 15 is 0 Å². The first-order valence-corrected chi connectivity index (χ1v) is 8.65. The average molecular weight is 317 g/mol. The number of hydrogen-bond donors (Lipinski definition) is 2. The van der Waals surface area contributed by atoms with Gasteiger partial charge in [-0.2, -0.15) is 11.8 Å². The number of nitrogens with zero attached hydrogens (tertiary/aromatic N) is 1. The molecule has 7 nitrogen and oxygen atoms in total. The molecule has 2 rings (SSSR count). The lowest BCUT2D eigenvalue weighted by atomic mass is 10.1. The van der Waals surface area contributed by atoms with Crippen LogP contribution in [0.5, 0.6) is 0 Å². The van der Waals surface area contributed by atoms with Crippen molar-refractivity contribution in [2.45, 2.75) is 11.3 Å². The highest BCUT2D eigenvalue weighted by Gasteiger charge is 2.27. The average Bonchev–Trinajstić information content (AvgIpc) is 2.89. The van der Waals surface area contributed by atoms with Crippen LogP contribution in [-0.2, 0) is 10.0 Å². The summed E-state index contributed by atoms with van der Waals surface area (Å²) in [6, 6.07) is 3.53. The third kappa shape index (κ3) is 3.41. The van der Waals surface area contributed by atoms with Gasteiger partial charge in [0.1, 0.15) is 0 Å². The first-order chi connectivity index (χ1) is 9.40. The molecule has 1 saturated heterocycles. The maximum absolute atomic E-state index is 12.2. The van der Waals surface area contributed by atoms with Crippen molar-refractivity contribution in [2.24, 2.45) is 5.92 Å². The minimum absolute atomic E-state index is 0.174. The monoisotopic (exact) mass is 317 g/mol. The summed E-state index contributed by atoms with van der Waals surface area (Å²) in [6.45, 7) is 0.293. The fourth-order valence-corrected chi connectivity index (χ4v) is 4.55. The minimum Gasteiger partial charge on any atom is -0.399 e. The van der Waals surface area contributed by atoms with Gasteiger partial charge in [0.15, 0.2) is 4.90 Å². The van der Waals surface area contributed by atoms with E-state index in [1.165, 1.54) is 6.07 Å². The first kappa shape index (κ1) is 15.1. The number of anilines is 1. The molecular formula is C11H15N3O4S2. The number of nitrogens with two attached hydrogens (primary N) is 1. The standard InChI is InChI=1S/C11H15N3O4S2/c12-9-1-2-10(14(15)16)11(5-9)20(17,18)13-6-8-3-4-19-7-8/h1-2,5,8,13H,3-4,6-7,12H2. The van der Waals surface area contributed by atoms with Crippen molar-refractivity contribution in [2.75, 3.05) is 23.8 Å². The number of hydrogen-bond acceptors (Lipinski definition) is 6. The van der Waals surface area contributed by atoms with E-state index in [0.29, 0.717) is 6.54 Å². The van der Waals surface area contributed by atoms with Crippen LogP contribution in [0, 0.1) is 16.0 Å². The predicted octanol–water partition coefficient (Wildman–Crippen LogP) is 1.21. The Morgan fingerprint density at radius 3 is 2.85 bits per heavy atom. The van der Waals surface area contributed by atoms with E-state index in [2.05, 4.69) is 4.72 Å². The van der Waals surface area contributed by atoms with Crippen molar-refractivity contribution in [3.8, 4) is 0 Å². The second-order valence-electron chi connectivity index (χ2n) is 4.57. The largest absolute Gasteiger partial charge is 0.399 e. The summed E-state index contributed by atoms with van der Waals surface area (Å²) >= 11 is 1.78. The Kier molecular flexibility index (Phi) is 4.51. The second-order valence-corrected chi connectivity index (χ2v) is 7.45. The van der Waals surface area contributed by atoms with Crippen molar-refractivity contribution < 1.29 is 13.3 Å². The summed E-state index contributed by atoms with van der Waals surface area (Å²) in [4.78, 5) is 9.81. The van der Waals surface area contributed by atoms with Crippen LogP contribution < -0.4 is 10.5 Å². The highest BCUT2D eigenvalue weighted by molar-refractivity contribution is 7.99. The molecule has 0 saturated carbocycles. The molecule has 1 aromatic rings. The van der Waals surface area contributed by atoms with Gasteiger partial charge < -0.3 is 5.73 Å². The SMILES string of the molecule is Nc1ccc([N+](=O)[O-])c(S(=O)(=O)NCC2CCSC2)c1. The molecule has 1 aromatic carbocycles. The van der Waals surface area contributed by atoms with Crippen LogP contribution in [0.2, 0.25) is 0 Å². The normalized spacial score (nSPS) is 19.1. The maximum Gasteiger partial charge on any atom is 0.289 e.